The molecule has 0 heterocycles. The lowest BCUT2D eigenvalue weighted by molar-refractivity contribution is -0.296. The standard InChI is InChI=1S/C10H18O7S.H3N/c1-5-9(11)15-7-6-8(2)10(3,4)16-17-18(12,13)14;/h5,8H,1,6-7H2,2-4H3,(H,12,13,14);1H3. The van der Waals surface area contributed by atoms with Gasteiger partial charge in [-0.3, -0.25) is 0 Å². The Morgan fingerprint density at radius 2 is 2.00 bits per heavy atom. The number of carbonyl (C=O) groups excluding carboxylic acids is 1. The van der Waals surface area contributed by atoms with E-state index < -0.39 is 22.0 Å². The molecule has 0 radical (unpaired) electrons. The van der Waals surface area contributed by atoms with Gasteiger partial charge in [-0.2, -0.15) is 0 Å². The zero-order chi connectivity index (χ0) is 14.4. The quantitative estimate of drug-likeness (QED) is 0.178. The van der Waals surface area contributed by atoms with Crippen LogP contribution in [-0.4, -0.2) is 31.1 Å². The van der Waals surface area contributed by atoms with Crippen LogP contribution in [0.3, 0.4) is 0 Å². The van der Waals surface area contributed by atoms with Crippen LogP contribution in [0.5, 0.6) is 0 Å². The molecule has 1 atom stereocenters. The van der Waals surface area contributed by atoms with Crippen molar-refractivity contribution in [2.75, 3.05) is 6.61 Å². The third-order valence-electron chi connectivity index (χ3n) is 2.48. The molecular formula is C10H21NO7S. The second kappa shape index (κ2) is 8.23. The SMILES string of the molecule is C=CC(=O)OCCC(C)C(C)(C)OOS(=O)(=O)[O-].[NH4+]. The maximum Gasteiger partial charge on any atom is 0.330 e. The summed E-state index contributed by atoms with van der Waals surface area (Å²) in [6, 6.07) is 0. The van der Waals surface area contributed by atoms with Crippen molar-refractivity contribution in [1.29, 1.82) is 0 Å². The second-order valence-corrected chi connectivity index (χ2v) is 5.18. The fourth-order valence-electron chi connectivity index (χ4n) is 0.954. The molecule has 4 N–H and O–H groups in total. The highest BCUT2D eigenvalue weighted by atomic mass is 32.3. The van der Waals surface area contributed by atoms with Crippen molar-refractivity contribution >= 4 is 16.4 Å². The smallest absolute Gasteiger partial charge is 0.330 e. The molecule has 0 rings (SSSR count). The Hall–Kier alpha value is -1.00. The number of carbonyl (C=O) groups is 1. The van der Waals surface area contributed by atoms with Gasteiger partial charge in [0.05, 0.1) is 6.61 Å². The molecule has 1 unspecified atom stereocenters. The zero-order valence-corrected chi connectivity index (χ0v) is 12.4. The summed E-state index contributed by atoms with van der Waals surface area (Å²) >= 11 is 0. The van der Waals surface area contributed by atoms with Crippen LogP contribution in [0.1, 0.15) is 27.2 Å². The van der Waals surface area contributed by atoms with Crippen molar-refractivity contribution in [2.24, 2.45) is 5.92 Å². The number of rotatable bonds is 8. The van der Waals surface area contributed by atoms with E-state index in [2.05, 4.69) is 15.8 Å². The van der Waals surface area contributed by atoms with Crippen LogP contribution >= 0.6 is 0 Å². The van der Waals surface area contributed by atoms with Crippen LogP contribution in [0.15, 0.2) is 12.7 Å². The topological polar surface area (TPSA) is 138 Å². The Morgan fingerprint density at radius 3 is 2.42 bits per heavy atom. The molecular weight excluding hydrogens is 278 g/mol. The summed E-state index contributed by atoms with van der Waals surface area (Å²) in [4.78, 5) is 15.4. The zero-order valence-electron chi connectivity index (χ0n) is 11.5. The number of ether oxygens (including phenoxy) is 1. The minimum absolute atomic E-state index is 0. The number of hydrogen-bond acceptors (Lipinski definition) is 7. The molecule has 0 spiro atoms. The van der Waals surface area contributed by atoms with E-state index in [1.54, 1.807) is 20.8 Å². The fraction of sp³-hybridized carbons (Fsp3) is 0.700. The van der Waals surface area contributed by atoms with Crippen LogP contribution in [0.25, 0.3) is 0 Å². The summed E-state index contributed by atoms with van der Waals surface area (Å²) < 4.78 is 39.3. The maximum absolute atomic E-state index is 10.8. The first kappa shape index (κ1) is 20.3. The van der Waals surface area contributed by atoms with E-state index in [0.29, 0.717) is 6.42 Å². The van der Waals surface area contributed by atoms with Gasteiger partial charge in [0.1, 0.15) is 5.60 Å². The van der Waals surface area contributed by atoms with Crippen LogP contribution < -0.4 is 6.15 Å². The molecule has 114 valence electrons. The summed E-state index contributed by atoms with van der Waals surface area (Å²) in [5.41, 5.74) is -1.02. The molecule has 0 aliphatic rings. The summed E-state index contributed by atoms with van der Waals surface area (Å²) in [5, 5.41) is 0. The first-order valence-corrected chi connectivity index (χ1v) is 6.54. The Labute approximate surface area is 113 Å². The third kappa shape index (κ3) is 9.56. The van der Waals surface area contributed by atoms with E-state index in [4.69, 9.17) is 4.74 Å². The van der Waals surface area contributed by atoms with Gasteiger partial charge < -0.3 is 15.4 Å². The molecule has 0 aromatic rings. The Bertz CT molecular complexity index is 391. The summed E-state index contributed by atoms with van der Waals surface area (Å²) in [6.07, 6.45) is 1.45. The lowest BCUT2D eigenvalue weighted by atomic mass is 9.90. The van der Waals surface area contributed by atoms with Gasteiger partial charge in [0.15, 0.2) is 0 Å². The van der Waals surface area contributed by atoms with Crippen LogP contribution in [0, 0.1) is 5.92 Å². The van der Waals surface area contributed by atoms with E-state index in [1.165, 1.54) is 0 Å². The molecule has 0 aliphatic carbocycles. The minimum atomic E-state index is -4.90. The van der Waals surface area contributed by atoms with Crippen molar-refractivity contribution in [3.63, 3.8) is 0 Å². The molecule has 0 bridgehead atoms. The summed E-state index contributed by atoms with van der Waals surface area (Å²) in [7, 11) is -4.90. The highest BCUT2D eigenvalue weighted by Gasteiger charge is 2.29. The van der Waals surface area contributed by atoms with Crippen LogP contribution in [0.2, 0.25) is 0 Å². The van der Waals surface area contributed by atoms with Gasteiger partial charge in [0.2, 0.25) is 10.4 Å². The fourth-order valence-corrected chi connectivity index (χ4v) is 1.21. The van der Waals surface area contributed by atoms with Crippen molar-refractivity contribution in [2.45, 2.75) is 32.8 Å². The highest BCUT2D eigenvalue weighted by molar-refractivity contribution is 7.80. The van der Waals surface area contributed by atoms with Crippen LogP contribution in [-0.2, 0) is 29.2 Å². The monoisotopic (exact) mass is 299 g/mol. The van der Waals surface area contributed by atoms with Gasteiger partial charge in [-0.15, -0.1) is 4.33 Å². The Kier molecular flexibility index (Phi) is 8.80. The molecule has 0 saturated carbocycles. The molecule has 9 heteroatoms. The molecule has 0 amide bonds. The minimum Gasteiger partial charge on any atom is -0.724 e. The van der Waals surface area contributed by atoms with Gasteiger partial charge >= 0.3 is 5.97 Å². The van der Waals surface area contributed by atoms with Crippen molar-refractivity contribution < 1.29 is 31.7 Å². The molecule has 0 fully saturated rings. The molecule has 0 aliphatic heterocycles. The molecule has 8 nitrogen and oxygen atoms in total. The lowest BCUT2D eigenvalue weighted by Gasteiger charge is -2.30. The van der Waals surface area contributed by atoms with E-state index >= 15 is 0 Å². The van der Waals surface area contributed by atoms with Gasteiger partial charge in [0, 0.05) is 6.08 Å². The van der Waals surface area contributed by atoms with Crippen molar-refractivity contribution in [3.05, 3.63) is 12.7 Å². The molecule has 0 aromatic heterocycles. The number of hydrogen-bond donors (Lipinski definition) is 1. The summed E-state index contributed by atoms with van der Waals surface area (Å²) in [6.45, 7) is 8.22. The van der Waals surface area contributed by atoms with Crippen molar-refractivity contribution in [3.8, 4) is 0 Å². The van der Waals surface area contributed by atoms with Gasteiger partial charge in [0.25, 0.3) is 0 Å². The predicted molar refractivity (Wildman–Crippen MR) is 66.9 cm³/mol. The first-order valence-electron chi connectivity index (χ1n) is 5.21. The van der Waals surface area contributed by atoms with Gasteiger partial charge in [-0.1, -0.05) is 13.5 Å². The average molecular weight is 299 g/mol. The Balaban J connectivity index is 0. The maximum atomic E-state index is 10.8. The van der Waals surface area contributed by atoms with Gasteiger partial charge in [-0.25, -0.2) is 18.1 Å². The summed E-state index contributed by atoms with van der Waals surface area (Å²) in [5.74, 6) is -0.754. The third-order valence-corrected chi connectivity index (χ3v) is 2.72. The highest BCUT2D eigenvalue weighted by Crippen LogP contribution is 2.24. The van der Waals surface area contributed by atoms with E-state index in [9.17, 15) is 17.8 Å². The Morgan fingerprint density at radius 1 is 1.47 bits per heavy atom. The largest absolute Gasteiger partial charge is 0.724 e. The number of quaternary nitrogens is 1. The van der Waals surface area contributed by atoms with E-state index in [-0.39, 0.29) is 18.7 Å². The normalized spacial score (nSPS) is 13.3. The van der Waals surface area contributed by atoms with E-state index in [0.717, 1.165) is 6.08 Å². The predicted octanol–water partition coefficient (Wildman–Crippen LogP) is 1.30. The first-order chi connectivity index (χ1) is 8.08. The average Bonchev–Trinajstić information content (AvgIpc) is 2.25. The molecule has 19 heavy (non-hydrogen) atoms. The molecule has 0 aromatic carbocycles. The van der Waals surface area contributed by atoms with Crippen LogP contribution in [0.4, 0.5) is 0 Å². The molecule has 0 saturated heterocycles. The second-order valence-electron chi connectivity index (χ2n) is 4.22. The van der Waals surface area contributed by atoms with E-state index in [1.807, 2.05) is 0 Å². The number of esters is 1. The lowest BCUT2D eigenvalue weighted by Crippen LogP contribution is -2.34. The van der Waals surface area contributed by atoms with Gasteiger partial charge in [-0.05, 0) is 26.2 Å². The van der Waals surface area contributed by atoms with Crippen molar-refractivity contribution in [1.82, 2.24) is 6.15 Å².